The van der Waals surface area contributed by atoms with Crippen LogP contribution in [0.5, 0.6) is 0 Å². The summed E-state index contributed by atoms with van der Waals surface area (Å²) >= 11 is 11.7. The van der Waals surface area contributed by atoms with Crippen LogP contribution >= 0.6 is 23.2 Å². The number of hydrogen-bond acceptors (Lipinski definition) is 6. The molecule has 0 radical (unpaired) electrons. The molecule has 10 heteroatoms. The van der Waals surface area contributed by atoms with Crippen molar-refractivity contribution in [2.45, 2.75) is 4.90 Å². The Balaban J connectivity index is 2.19. The van der Waals surface area contributed by atoms with Crippen molar-refractivity contribution < 1.29 is 8.42 Å². The molecular formula is C15H9Cl2N5O2S. The van der Waals surface area contributed by atoms with Crippen LogP contribution in [0.15, 0.2) is 52.5 Å². The number of nitrogens with zero attached hydrogens (tertiary/aromatic N) is 3. The third kappa shape index (κ3) is 5.10. The second kappa shape index (κ2) is 7.86. The summed E-state index contributed by atoms with van der Waals surface area (Å²) in [5, 5.41) is 21.3. The molecule has 0 saturated carbocycles. The molecule has 0 aromatic heterocycles. The van der Waals surface area contributed by atoms with Gasteiger partial charge in [0.25, 0.3) is 10.0 Å². The number of rotatable bonds is 5. The molecule has 0 atom stereocenters. The quantitative estimate of drug-likeness (QED) is 0.593. The summed E-state index contributed by atoms with van der Waals surface area (Å²) in [5.74, 6) is 0. The zero-order valence-corrected chi connectivity index (χ0v) is 14.7. The van der Waals surface area contributed by atoms with Crippen molar-refractivity contribution in [3.05, 3.63) is 52.5 Å². The van der Waals surface area contributed by atoms with E-state index in [1.54, 1.807) is 12.1 Å². The number of benzene rings is 2. The average molecular weight is 394 g/mol. The van der Waals surface area contributed by atoms with Crippen LogP contribution in [0, 0.1) is 22.7 Å². The third-order valence-corrected chi connectivity index (χ3v) is 4.62. The predicted octanol–water partition coefficient (Wildman–Crippen LogP) is 3.61. The molecule has 0 heterocycles. The van der Waals surface area contributed by atoms with E-state index in [0.717, 1.165) is 0 Å². The number of anilines is 2. The summed E-state index contributed by atoms with van der Waals surface area (Å²) in [5.41, 5.74) is 2.78. The largest absolute Gasteiger partial charge is 0.280 e. The Hall–Kier alpha value is -2.78. The normalized spacial score (nSPS) is 10.2. The maximum absolute atomic E-state index is 12.4. The van der Waals surface area contributed by atoms with E-state index in [4.69, 9.17) is 33.7 Å². The van der Waals surface area contributed by atoms with Gasteiger partial charge in [-0.3, -0.25) is 10.1 Å². The summed E-state index contributed by atoms with van der Waals surface area (Å²) < 4.78 is 27.1. The van der Waals surface area contributed by atoms with Gasteiger partial charge in [0.1, 0.15) is 12.1 Å². The van der Waals surface area contributed by atoms with E-state index in [-0.39, 0.29) is 16.3 Å². The molecule has 0 aliphatic heterocycles. The van der Waals surface area contributed by atoms with E-state index in [1.807, 2.05) is 0 Å². The average Bonchev–Trinajstić information content (AvgIpc) is 2.55. The Kier molecular flexibility index (Phi) is 5.84. The van der Waals surface area contributed by atoms with E-state index in [1.165, 1.54) is 42.5 Å². The molecule has 0 amide bonds. The minimum Gasteiger partial charge on any atom is -0.280 e. The Morgan fingerprint density at radius 1 is 0.960 bits per heavy atom. The fourth-order valence-corrected chi connectivity index (χ4v) is 3.30. The fourth-order valence-electron chi connectivity index (χ4n) is 1.73. The lowest BCUT2D eigenvalue weighted by atomic mass is 10.3. The lowest BCUT2D eigenvalue weighted by Gasteiger charge is -2.09. The van der Waals surface area contributed by atoms with Crippen molar-refractivity contribution in [3.63, 3.8) is 0 Å². The van der Waals surface area contributed by atoms with Gasteiger partial charge in [0.15, 0.2) is 0 Å². The SMILES string of the molecule is N#CC(C#N)=NNc1ccc(S(=O)(=O)Nc2cc(Cl)cc(Cl)c2)cc1. The number of halogens is 2. The number of sulfonamides is 1. The molecule has 0 aliphatic carbocycles. The third-order valence-electron chi connectivity index (χ3n) is 2.79. The van der Waals surface area contributed by atoms with Gasteiger partial charge in [-0.1, -0.05) is 23.2 Å². The van der Waals surface area contributed by atoms with Gasteiger partial charge in [-0.15, -0.1) is 0 Å². The Bertz CT molecular complexity index is 969. The predicted molar refractivity (Wildman–Crippen MR) is 96.0 cm³/mol. The first kappa shape index (κ1) is 18.6. The van der Waals surface area contributed by atoms with Crippen molar-refractivity contribution >= 4 is 50.3 Å². The second-order valence-corrected chi connectivity index (χ2v) is 7.14. The van der Waals surface area contributed by atoms with E-state index in [9.17, 15) is 8.42 Å². The van der Waals surface area contributed by atoms with Crippen molar-refractivity contribution in [1.82, 2.24) is 0 Å². The highest BCUT2D eigenvalue weighted by Crippen LogP contribution is 2.25. The number of hydrogen-bond donors (Lipinski definition) is 2. The molecule has 2 rings (SSSR count). The second-order valence-electron chi connectivity index (χ2n) is 4.58. The number of hydrazone groups is 1. The first-order chi connectivity index (χ1) is 11.8. The van der Waals surface area contributed by atoms with Crippen LogP contribution in [0.1, 0.15) is 0 Å². The lowest BCUT2D eigenvalue weighted by molar-refractivity contribution is 0.601. The molecule has 126 valence electrons. The van der Waals surface area contributed by atoms with Crippen LogP contribution in [0.25, 0.3) is 0 Å². The van der Waals surface area contributed by atoms with Gasteiger partial charge < -0.3 is 0 Å². The fraction of sp³-hybridized carbons (Fsp3) is 0. The summed E-state index contributed by atoms with van der Waals surface area (Å²) in [6.07, 6.45) is 0. The molecule has 0 unspecified atom stereocenters. The lowest BCUT2D eigenvalue weighted by Crippen LogP contribution is -2.12. The van der Waals surface area contributed by atoms with Crippen molar-refractivity contribution in [2.75, 3.05) is 10.1 Å². The van der Waals surface area contributed by atoms with Crippen molar-refractivity contribution in [2.24, 2.45) is 5.10 Å². The van der Waals surface area contributed by atoms with Gasteiger partial charge in [-0.2, -0.15) is 15.6 Å². The first-order valence-corrected chi connectivity index (χ1v) is 8.81. The van der Waals surface area contributed by atoms with Gasteiger partial charge in [0.05, 0.1) is 16.3 Å². The van der Waals surface area contributed by atoms with Crippen LogP contribution in [0.2, 0.25) is 10.0 Å². The van der Waals surface area contributed by atoms with Crippen LogP contribution < -0.4 is 10.1 Å². The van der Waals surface area contributed by atoms with Gasteiger partial charge >= 0.3 is 0 Å². The highest BCUT2D eigenvalue weighted by Gasteiger charge is 2.14. The monoisotopic (exact) mass is 393 g/mol. The molecular weight excluding hydrogens is 385 g/mol. The molecule has 25 heavy (non-hydrogen) atoms. The summed E-state index contributed by atoms with van der Waals surface area (Å²) in [4.78, 5) is -0.00100. The van der Waals surface area contributed by atoms with E-state index >= 15 is 0 Å². The highest BCUT2D eigenvalue weighted by atomic mass is 35.5. The molecule has 0 aliphatic rings. The molecule has 0 fully saturated rings. The zero-order valence-electron chi connectivity index (χ0n) is 12.4. The maximum Gasteiger partial charge on any atom is 0.261 e. The van der Waals surface area contributed by atoms with Gasteiger partial charge in [0, 0.05) is 10.0 Å². The minimum atomic E-state index is -3.84. The van der Waals surface area contributed by atoms with Crippen LogP contribution in [-0.2, 0) is 10.0 Å². The minimum absolute atomic E-state index is 0.00100. The van der Waals surface area contributed by atoms with Gasteiger partial charge in [-0.05, 0) is 42.5 Å². The van der Waals surface area contributed by atoms with E-state index in [0.29, 0.717) is 15.7 Å². The van der Waals surface area contributed by atoms with Gasteiger partial charge in [0.2, 0.25) is 5.71 Å². The molecule has 0 spiro atoms. The molecule has 0 bridgehead atoms. The standard InChI is InChI=1S/C15H9Cl2N5O2S/c16-10-5-11(17)7-13(6-10)22-25(23,24)15-3-1-12(2-4-15)20-21-14(8-18)9-19/h1-7,20,22H. The van der Waals surface area contributed by atoms with Crippen molar-refractivity contribution in [3.8, 4) is 12.1 Å². The van der Waals surface area contributed by atoms with Crippen LogP contribution in [0.4, 0.5) is 11.4 Å². The van der Waals surface area contributed by atoms with Crippen LogP contribution in [0.3, 0.4) is 0 Å². The smallest absolute Gasteiger partial charge is 0.261 e. The Morgan fingerprint density at radius 3 is 2.04 bits per heavy atom. The molecule has 2 aromatic rings. The summed E-state index contributed by atoms with van der Waals surface area (Å²) in [6.45, 7) is 0. The van der Waals surface area contributed by atoms with Crippen molar-refractivity contribution in [1.29, 1.82) is 10.5 Å². The van der Waals surface area contributed by atoms with Gasteiger partial charge in [-0.25, -0.2) is 8.42 Å². The summed E-state index contributed by atoms with van der Waals surface area (Å²) in [7, 11) is -3.84. The number of nitriles is 2. The Morgan fingerprint density at radius 2 is 1.52 bits per heavy atom. The molecule has 0 saturated heterocycles. The zero-order chi connectivity index (χ0) is 18.4. The molecule has 7 nitrogen and oxygen atoms in total. The van der Waals surface area contributed by atoms with Crippen LogP contribution in [-0.4, -0.2) is 14.1 Å². The topological polar surface area (TPSA) is 118 Å². The van der Waals surface area contributed by atoms with E-state index < -0.39 is 10.0 Å². The first-order valence-electron chi connectivity index (χ1n) is 6.57. The Labute approximate surface area is 154 Å². The van der Waals surface area contributed by atoms with E-state index in [2.05, 4.69) is 15.2 Å². The maximum atomic E-state index is 12.4. The number of nitrogens with one attached hydrogen (secondary N) is 2. The molecule has 2 N–H and O–H groups in total. The molecule has 2 aromatic carbocycles. The highest BCUT2D eigenvalue weighted by molar-refractivity contribution is 7.92. The summed E-state index contributed by atoms with van der Waals surface area (Å²) in [6, 6.07) is 13.1.